The molecule has 0 unspecified atom stereocenters. The average Bonchev–Trinajstić information content (AvgIpc) is 3.19. The van der Waals surface area contributed by atoms with Crippen LogP contribution in [0.3, 0.4) is 0 Å². The molecule has 2 aromatic heterocycles. The van der Waals surface area contributed by atoms with Crippen LogP contribution in [-0.4, -0.2) is 63.9 Å². The third kappa shape index (κ3) is 2.61. The van der Waals surface area contributed by atoms with Gasteiger partial charge in [0.05, 0.1) is 17.7 Å². The minimum atomic E-state index is -0.300. The monoisotopic (exact) mass is 378 g/mol. The number of carbonyl (C=O) groups excluding carboxylic acids is 1. The van der Waals surface area contributed by atoms with Gasteiger partial charge < -0.3 is 14.4 Å². The molecule has 0 radical (unpaired) electrons. The Kier molecular flexibility index (Phi) is 4.41. The van der Waals surface area contributed by atoms with E-state index >= 15 is 0 Å². The number of carbonyl (C=O) groups is 1. The lowest BCUT2D eigenvalue weighted by Gasteiger charge is -2.43. The standard InChI is InChI=1S/C18H23ClN4O3/c1-11-9-20-16-14(19)15(21-23(16)10-11)17(24)22-7-6-18(26-3)5-4-12(25-2)8-13(18)22/h9-10,12-13H,4-8H2,1-3H3/t12-,13+,18-/m1/s1. The van der Waals surface area contributed by atoms with Crippen LogP contribution in [0.5, 0.6) is 0 Å². The van der Waals surface area contributed by atoms with Crippen LogP contribution < -0.4 is 0 Å². The lowest BCUT2D eigenvalue weighted by molar-refractivity contribution is -0.0894. The van der Waals surface area contributed by atoms with E-state index in [-0.39, 0.29) is 29.3 Å². The second-order valence-electron chi connectivity index (χ2n) is 7.23. The van der Waals surface area contributed by atoms with E-state index in [1.807, 2.05) is 18.0 Å². The van der Waals surface area contributed by atoms with Gasteiger partial charge in [-0.1, -0.05) is 11.6 Å². The van der Waals surface area contributed by atoms with Crippen molar-refractivity contribution in [2.75, 3.05) is 20.8 Å². The van der Waals surface area contributed by atoms with Crippen LogP contribution in [0.1, 0.15) is 41.7 Å². The largest absolute Gasteiger partial charge is 0.381 e. The maximum Gasteiger partial charge on any atom is 0.276 e. The number of aromatic nitrogens is 3. The number of ether oxygens (including phenoxy) is 2. The molecule has 140 valence electrons. The molecule has 0 bridgehead atoms. The Bertz CT molecular complexity index is 854. The third-order valence-corrected chi connectivity index (χ3v) is 6.23. The Balaban J connectivity index is 1.69. The summed E-state index contributed by atoms with van der Waals surface area (Å²) in [6, 6.07) is -0.0331. The highest BCUT2D eigenvalue weighted by Crippen LogP contribution is 2.43. The van der Waals surface area contributed by atoms with Crippen molar-refractivity contribution in [3.05, 3.63) is 28.7 Å². The van der Waals surface area contributed by atoms with E-state index in [0.29, 0.717) is 17.2 Å². The van der Waals surface area contributed by atoms with Crippen molar-refractivity contribution in [2.45, 2.75) is 50.4 Å². The van der Waals surface area contributed by atoms with Crippen LogP contribution >= 0.6 is 11.6 Å². The molecule has 1 saturated carbocycles. The summed E-state index contributed by atoms with van der Waals surface area (Å²) < 4.78 is 13.0. The molecule has 0 spiro atoms. The van der Waals surface area contributed by atoms with Crippen LogP contribution in [0.25, 0.3) is 5.65 Å². The first-order valence-electron chi connectivity index (χ1n) is 8.88. The van der Waals surface area contributed by atoms with E-state index in [2.05, 4.69) is 10.1 Å². The smallest absolute Gasteiger partial charge is 0.276 e. The number of likely N-dealkylation sites (tertiary alicyclic amines) is 1. The van der Waals surface area contributed by atoms with Crippen molar-refractivity contribution in [2.24, 2.45) is 0 Å². The molecule has 2 aromatic rings. The summed E-state index contributed by atoms with van der Waals surface area (Å²) in [5, 5.41) is 4.70. The molecule has 1 saturated heterocycles. The maximum atomic E-state index is 13.3. The van der Waals surface area contributed by atoms with E-state index in [9.17, 15) is 4.79 Å². The fourth-order valence-corrected chi connectivity index (χ4v) is 4.65. The van der Waals surface area contributed by atoms with Crippen molar-refractivity contribution >= 4 is 23.2 Å². The molecule has 2 aliphatic rings. The zero-order valence-corrected chi connectivity index (χ0v) is 16.0. The predicted octanol–water partition coefficient (Wildman–Crippen LogP) is 2.49. The number of nitrogens with zero attached hydrogens (tertiary/aromatic N) is 4. The molecule has 1 aliphatic carbocycles. The molecule has 0 N–H and O–H groups in total. The SMILES string of the molecule is CO[C@@H]1CC[C@@]2(OC)CCN(C(=O)c3nn4cc(C)cnc4c3Cl)[C@H]2C1. The molecule has 1 amide bonds. The van der Waals surface area contributed by atoms with Crippen molar-refractivity contribution in [3.8, 4) is 0 Å². The van der Waals surface area contributed by atoms with Crippen LogP contribution in [0, 0.1) is 6.92 Å². The molecule has 7 nitrogen and oxygen atoms in total. The van der Waals surface area contributed by atoms with Crippen molar-refractivity contribution in [1.29, 1.82) is 0 Å². The fourth-order valence-electron chi connectivity index (χ4n) is 4.39. The van der Waals surface area contributed by atoms with Crippen LogP contribution in [0.4, 0.5) is 0 Å². The van der Waals surface area contributed by atoms with E-state index in [0.717, 1.165) is 31.2 Å². The summed E-state index contributed by atoms with van der Waals surface area (Å²) in [4.78, 5) is 19.4. The van der Waals surface area contributed by atoms with Gasteiger partial charge in [0.15, 0.2) is 11.3 Å². The highest BCUT2D eigenvalue weighted by molar-refractivity contribution is 6.36. The number of halogens is 1. The molecule has 26 heavy (non-hydrogen) atoms. The number of fused-ring (bicyclic) bond motifs is 2. The van der Waals surface area contributed by atoms with Gasteiger partial charge in [0.25, 0.3) is 5.91 Å². The molecule has 3 heterocycles. The number of hydrogen-bond acceptors (Lipinski definition) is 5. The first kappa shape index (κ1) is 17.7. The van der Waals surface area contributed by atoms with Gasteiger partial charge in [-0.15, -0.1) is 0 Å². The van der Waals surface area contributed by atoms with Gasteiger partial charge in [0.2, 0.25) is 0 Å². The quantitative estimate of drug-likeness (QED) is 0.820. The second-order valence-corrected chi connectivity index (χ2v) is 7.61. The van der Waals surface area contributed by atoms with Crippen molar-refractivity contribution in [3.63, 3.8) is 0 Å². The molecule has 8 heteroatoms. The van der Waals surface area contributed by atoms with E-state index in [1.165, 1.54) is 0 Å². The van der Waals surface area contributed by atoms with Crippen molar-refractivity contribution < 1.29 is 14.3 Å². The van der Waals surface area contributed by atoms with Crippen LogP contribution in [-0.2, 0) is 9.47 Å². The molecule has 4 rings (SSSR count). The summed E-state index contributed by atoms with van der Waals surface area (Å²) in [5.74, 6) is -0.168. The Labute approximate surface area is 157 Å². The first-order valence-corrected chi connectivity index (χ1v) is 9.26. The molecule has 3 atom stereocenters. The normalized spacial score (nSPS) is 28.5. The number of rotatable bonds is 3. The lowest BCUT2D eigenvalue weighted by Crippen LogP contribution is -2.53. The van der Waals surface area contributed by atoms with Gasteiger partial charge in [0.1, 0.15) is 5.02 Å². The highest BCUT2D eigenvalue weighted by atomic mass is 35.5. The number of aryl methyl sites for hydroxylation is 1. The Hall–Kier alpha value is -1.70. The predicted molar refractivity (Wildman–Crippen MR) is 96.6 cm³/mol. The minimum absolute atomic E-state index is 0.0331. The molecule has 1 aliphatic heterocycles. The van der Waals surface area contributed by atoms with E-state index in [1.54, 1.807) is 24.9 Å². The van der Waals surface area contributed by atoms with Crippen molar-refractivity contribution in [1.82, 2.24) is 19.5 Å². The zero-order valence-electron chi connectivity index (χ0n) is 15.2. The van der Waals surface area contributed by atoms with Gasteiger partial charge in [-0.25, -0.2) is 9.50 Å². The first-order chi connectivity index (χ1) is 12.5. The topological polar surface area (TPSA) is 69.0 Å². The van der Waals surface area contributed by atoms with Gasteiger partial charge in [0, 0.05) is 33.2 Å². The minimum Gasteiger partial charge on any atom is -0.381 e. The average molecular weight is 379 g/mol. The van der Waals surface area contributed by atoms with Gasteiger partial charge in [-0.05, 0) is 38.2 Å². The molecular formula is C18H23ClN4O3. The summed E-state index contributed by atoms with van der Waals surface area (Å²) in [6.45, 7) is 2.55. The fraction of sp³-hybridized carbons (Fsp3) is 0.611. The third-order valence-electron chi connectivity index (χ3n) is 5.88. The summed E-state index contributed by atoms with van der Waals surface area (Å²) in [5.41, 5.74) is 1.39. The van der Waals surface area contributed by atoms with E-state index < -0.39 is 0 Å². The van der Waals surface area contributed by atoms with Gasteiger partial charge in [-0.2, -0.15) is 5.10 Å². The number of amides is 1. The van der Waals surface area contributed by atoms with Crippen LogP contribution in [0.15, 0.2) is 12.4 Å². The van der Waals surface area contributed by atoms with Gasteiger partial charge in [-0.3, -0.25) is 4.79 Å². The second kappa shape index (κ2) is 6.48. The summed E-state index contributed by atoms with van der Waals surface area (Å²) >= 11 is 6.43. The highest BCUT2D eigenvalue weighted by Gasteiger charge is 2.53. The molecule has 2 fully saturated rings. The Morgan fingerprint density at radius 3 is 2.92 bits per heavy atom. The van der Waals surface area contributed by atoms with Crippen LogP contribution in [0.2, 0.25) is 5.02 Å². The number of hydrogen-bond donors (Lipinski definition) is 0. The molecule has 0 aromatic carbocycles. The summed E-state index contributed by atoms with van der Waals surface area (Å²) in [7, 11) is 3.46. The molecular weight excluding hydrogens is 356 g/mol. The Morgan fingerprint density at radius 2 is 2.19 bits per heavy atom. The van der Waals surface area contributed by atoms with Gasteiger partial charge >= 0.3 is 0 Å². The Morgan fingerprint density at radius 1 is 1.38 bits per heavy atom. The maximum absolute atomic E-state index is 13.3. The summed E-state index contributed by atoms with van der Waals surface area (Å²) in [6.07, 6.45) is 7.08. The van der Waals surface area contributed by atoms with E-state index in [4.69, 9.17) is 21.1 Å². The number of methoxy groups -OCH3 is 2. The lowest BCUT2D eigenvalue weighted by atomic mass is 9.79. The zero-order chi connectivity index (χ0) is 18.5.